The first kappa shape index (κ1) is 18.5. The minimum atomic E-state index is 0.404. The number of hydrogen-bond acceptors (Lipinski definition) is 0. The summed E-state index contributed by atoms with van der Waals surface area (Å²) in [5, 5.41) is 0. The fraction of sp³-hybridized carbons (Fsp3) is 0.391. The molecule has 2 aromatic carbocycles. The molecule has 0 aliphatic heterocycles. The molecule has 0 saturated heterocycles. The summed E-state index contributed by atoms with van der Waals surface area (Å²) < 4.78 is 0.913. The fourth-order valence-corrected chi connectivity index (χ4v) is 3.59. The van der Waals surface area contributed by atoms with Crippen LogP contribution in [0.5, 0.6) is 0 Å². The lowest BCUT2D eigenvalue weighted by atomic mass is 9.93. The van der Waals surface area contributed by atoms with E-state index in [9.17, 15) is 0 Å². The molecular formula is C23H32N+. The number of nitrogens with zero attached hydrogens (tertiary/aromatic N) is 1. The SMILES string of the molecule is C=C[N+](CC)(CC)C(Cc1ccccc1)c1ccc(C(C)C)cc1. The second-order valence-corrected chi connectivity index (χ2v) is 6.94. The fourth-order valence-electron chi connectivity index (χ4n) is 3.59. The molecule has 0 bridgehead atoms. The van der Waals surface area contributed by atoms with Crippen LogP contribution < -0.4 is 0 Å². The summed E-state index contributed by atoms with van der Waals surface area (Å²) in [6.07, 6.45) is 3.18. The summed E-state index contributed by atoms with van der Waals surface area (Å²) in [4.78, 5) is 0. The highest BCUT2D eigenvalue weighted by molar-refractivity contribution is 5.28. The van der Waals surface area contributed by atoms with E-state index in [2.05, 4.69) is 95.1 Å². The van der Waals surface area contributed by atoms with Crippen molar-refractivity contribution in [1.82, 2.24) is 0 Å². The average Bonchev–Trinajstić information content (AvgIpc) is 2.63. The van der Waals surface area contributed by atoms with Gasteiger partial charge in [-0.25, -0.2) is 0 Å². The molecule has 1 atom stereocenters. The van der Waals surface area contributed by atoms with Crippen molar-refractivity contribution in [2.75, 3.05) is 13.1 Å². The number of likely N-dealkylation sites (N-methyl/N-ethyl adjacent to an activating group) is 1. The molecule has 0 amide bonds. The van der Waals surface area contributed by atoms with Crippen molar-refractivity contribution in [2.45, 2.75) is 46.1 Å². The molecule has 1 unspecified atom stereocenters. The Kier molecular flexibility index (Phi) is 6.39. The van der Waals surface area contributed by atoms with Crippen LogP contribution >= 0.6 is 0 Å². The maximum atomic E-state index is 4.18. The van der Waals surface area contributed by atoms with Crippen molar-refractivity contribution in [3.63, 3.8) is 0 Å². The van der Waals surface area contributed by atoms with Crippen LogP contribution in [0.1, 0.15) is 56.3 Å². The highest BCUT2D eigenvalue weighted by Gasteiger charge is 2.33. The Balaban J connectivity index is 2.43. The Labute approximate surface area is 148 Å². The van der Waals surface area contributed by atoms with Gasteiger partial charge in [-0.15, -0.1) is 0 Å². The number of benzene rings is 2. The van der Waals surface area contributed by atoms with Crippen LogP contribution in [0.25, 0.3) is 0 Å². The summed E-state index contributed by atoms with van der Waals surface area (Å²) in [6, 6.07) is 20.5. The zero-order chi connectivity index (χ0) is 17.6. The van der Waals surface area contributed by atoms with Crippen molar-refractivity contribution in [3.8, 4) is 0 Å². The Bertz CT molecular complexity index is 621. The lowest BCUT2D eigenvalue weighted by molar-refractivity contribution is -0.906. The third kappa shape index (κ3) is 3.96. The van der Waals surface area contributed by atoms with E-state index in [1.807, 2.05) is 0 Å². The topological polar surface area (TPSA) is 0 Å². The van der Waals surface area contributed by atoms with Gasteiger partial charge in [0.2, 0.25) is 0 Å². The predicted octanol–water partition coefficient (Wildman–Crippen LogP) is 6.09. The second kappa shape index (κ2) is 8.30. The molecule has 0 heterocycles. The predicted molar refractivity (Wildman–Crippen MR) is 105 cm³/mol. The Morgan fingerprint density at radius 3 is 1.88 bits per heavy atom. The molecule has 0 N–H and O–H groups in total. The lowest BCUT2D eigenvalue weighted by Gasteiger charge is -2.41. The van der Waals surface area contributed by atoms with E-state index in [4.69, 9.17) is 0 Å². The molecular weight excluding hydrogens is 290 g/mol. The van der Waals surface area contributed by atoms with Crippen molar-refractivity contribution >= 4 is 0 Å². The monoisotopic (exact) mass is 322 g/mol. The standard InChI is InChI=1S/C23H32N/c1-6-24(7-2,8-3)23(18-20-12-10-9-11-13-20)22-16-14-21(15-17-22)19(4)5/h6,9-17,19,23H,1,7-8,18H2,2-5H3/q+1. The lowest BCUT2D eigenvalue weighted by Crippen LogP contribution is -2.46. The zero-order valence-corrected chi connectivity index (χ0v) is 15.7. The Morgan fingerprint density at radius 2 is 1.42 bits per heavy atom. The minimum absolute atomic E-state index is 0.404. The highest BCUT2D eigenvalue weighted by Crippen LogP contribution is 2.33. The van der Waals surface area contributed by atoms with Crippen LogP contribution in [0.3, 0.4) is 0 Å². The zero-order valence-electron chi connectivity index (χ0n) is 15.7. The van der Waals surface area contributed by atoms with Gasteiger partial charge in [-0.1, -0.05) is 68.4 Å². The first-order valence-corrected chi connectivity index (χ1v) is 9.20. The van der Waals surface area contributed by atoms with E-state index in [-0.39, 0.29) is 0 Å². The molecule has 2 aromatic rings. The van der Waals surface area contributed by atoms with Crippen molar-refractivity contribution in [2.24, 2.45) is 0 Å². The van der Waals surface area contributed by atoms with Gasteiger partial charge in [0.05, 0.1) is 19.3 Å². The smallest absolute Gasteiger partial charge is 0.123 e. The molecule has 0 saturated carbocycles. The summed E-state index contributed by atoms with van der Waals surface area (Å²) in [6.45, 7) is 15.3. The summed E-state index contributed by atoms with van der Waals surface area (Å²) in [5.74, 6) is 0.572. The van der Waals surface area contributed by atoms with Gasteiger partial charge in [0.1, 0.15) is 6.04 Å². The van der Waals surface area contributed by atoms with Gasteiger partial charge >= 0.3 is 0 Å². The third-order valence-corrected chi connectivity index (χ3v) is 5.42. The first-order valence-electron chi connectivity index (χ1n) is 9.20. The second-order valence-electron chi connectivity index (χ2n) is 6.94. The van der Waals surface area contributed by atoms with Gasteiger partial charge in [-0.2, -0.15) is 0 Å². The van der Waals surface area contributed by atoms with Gasteiger partial charge < -0.3 is 0 Å². The van der Waals surface area contributed by atoms with Crippen LogP contribution in [0.4, 0.5) is 0 Å². The van der Waals surface area contributed by atoms with E-state index in [1.165, 1.54) is 16.7 Å². The molecule has 0 fully saturated rings. The molecule has 0 aliphatic rings. The first-order chi connectivity index (χ1) is 11.6. The largest absolute Gasteiger partial charge is 0.292 e. The van der Waals surface area contributed by atoms with Gasteiger partial charge in [0.25, 0.3) is 0 Å². The summed E-state index contributed by atoms with van der Waals surface area (Å²) >= 11 is 0. The summed E-state index contributed by atoms with van der Waals surface area (Å²) in [7, 11) is 0. The van der Waals surface area contributed by atoms with Crippen LogP contribution in [0.2, 0.25) is 0 Å². The van der Waals surface area contributed by atoms with Gasteiger partial charge in [0, 0.05) is 12.0 Å². The number of rotatable bonds is 8. The molecule has 0 aromatic heterocycles. The van der Waals surface area contributed by atoms with Crippen LogP contribution in [0.15, 0.2) is 67.4 Å². The van der Waals surface area contributed by atoms with Crippen LogP contribution in [0, 0.1) is 0 Å². The highest BCUT2D eigenvalue weighted by atomic mass is 15.4. The van der Waals surface area contributed by atoms with E-state index >= 15 is 0 Å². The molecule has 1 heteroatoms. The van der Waals surface area contributed by atoms with E-state index in [1.54, 1.807) is 0 Å². The maximum absolute atomic E-state index is 4.18. The Morgan fingerprint density at radius 1 is 0.875 bits per heavy atom. The number of hydrogen-bond donors (Lipinski definition) is 0. The normalized spacial score (nSPS) is 13.0. The van der Waals surface area contributed by atoms with Crippen LogP contribution in [-0.2, 0) is 6.42 Å². The van der Waals surface area contributed by atoms with Crippen molar-refractivity contribution in [3.05, 3.63) is 84.1 Å². The molecule has 2 rings (SSSR count). The van der Waals surface area contributed by atoms with Crippen LogP contribution in [-0.4, -0.2) is 17.6 Å². The molecule has 0 spiro atoms. The van der Waals surface area contributed by atoms with Crippen molar-refractivity contribution < 1.29 is 4.48 Å². The maximum Gasteiger partial charge on any atom is 0.123 e. The quantitative estimate of drug-likeness (QED) is 0.516. The molecule has 128 valence electrons. The van der Waals surface area contributed by atoms with E-state index in [0.29, 0.717) is 12.0 Å². The third-order valence-electron chi connectivity index (χ3n) is 5.42. The molecule has 1 nitrogen and oxygen atoms in total. The average molecular weight is 323 g/mol. The van der Waals surface area contributed by atoms with Gasteiger partial charge in [-0.3, -0.25) is 4.48 Å². The van der Waals surface area contributed by atoms with E-state index in [0.717, 1.165) is 24.0 Å². The molecule has 0 radical (unpaired) electrons. The number of quaternary nitrogens is 1. The van der Waals surface area contributed by atoms with Crippen molar-refractivity contribution in [1.29, 1.82) is 0 Å². The Hall–Kier alpha value is -1.86. The summed E-state index contributed by atoms with van der Waals surface area (Å²) in [5.41, 5.74) is 4.20. The van der Waals surface area contributed by atoms with E-state index < -0.39 is 0 Å². The molecule has 0 aliphatic carbocycles. The van der Waals surface area contributed by atoms with Gasteiger partial charge in [0.15, 0.2) is 0 Å². The molecule has 24 heavy (non-hydrogen) atoms. The van der Waals surface area contributed by atoms with Gasteiger partial charge in [-0.05, 0) is 37.5 Å². The minimum Gasteiger partial charge on any atom is -0.292 e.